The number of nitrogens with one attached hydrogen (secondary N) is 1. The third kappa shape index (κ3) is 3.74. The minimum Gasteiger partial charge on any atom is -0.338 e. The summed E-state index contributed by atoms with van der Waals surface area (Å²) in [5, 5.41) is 4.70. The summed E-state index contributed by atoms with van der Waals surface area (Å²) in [5.74, 6) is 1.58. The van der Waals surface area contributed by atoms with Crippen molar-refractivity contribution < 1.29 is 4.52 Å². The predicted octanol–water partition coefficient (Wildman–Crippen LogP) is 3.09. The van der Waals surface area contributed by atoms with Crippen molar-refractivity contribution in [3.8, 4) is 22.8 Å². The molecule has 8 nitrogen and oxygen atoms in total. The Kier molecular flexibility index (Phi) is 4.86. The second-order valence-corrected chi connectivity index (χ2v) is 7.49. The SMILES string of the molecule is O=c1[nH]c(-c2ccncc2)nc2c1CN(Cc1nc(-c3ccc(Cl)cc3)no1)CC2. The average Bonchev–Trinajstić information content (AvgIpc) is 3.23. The summed E-state index contributed by atoms with van der Waals surface area (Å²) in [7, 11) is 0. The van der Waals surface area contributed by atoms with Crippen LogP contribution in [0.25, 0.3) is 22.8 Å². The third-order valence-electron chi connectivity index (χ3n) is 5.03. The maximum Gasteiger partial charge on any atom is 0.255 e. The molecule has 1 N–H and O–H groups in total. The van der Waals surface area contributed by atoms with Gasteiger partial charge in [0.1, 0.15) is 5.82 Å². The minimum atomic E-state index is -0.121. The van der Waals surface area contributed by atoms with Crippen molar-refractivity contribution >= 4 is 11.6 Å². The van der Waals surface area contributed by atoms with E-state index in [9.17, 15) is 4.79 Å². The van der Waals surface area contributed by atoms with Crippen LogP contribution >= 0.6 is 11.6 Å². The normalized spacial score (nSPS) is 13.9. The molecule has 4 aromatic rings. The minimum absolute atomic E-state index is 0.121. The topological polar surface area (TPSA) is 101 Å². The predicted molar refractivity (Wildman–Crippen MR) is 111 cm³/mol. The Morgan fingerprint density at radius 1 is 1.07 bits per heavy atom. The molecule has 0 spiro atoms. The average molecular weight is 421 g/mol. The van der Waals surface area contributed by atoms with Crippen molar-refractivity contribution in [3.63, 3.8) is 0 Å². The highest BCUT2D eigenvalue weighted by atomic mass is 35.5. The van der Waals surface area contributed by atoms with Gasteiger partial charge >= 0.3 is 0 Å². The van der Waals surface area contributed by atoms with Crippen LogP contribution in [-0.2, 0) is 19.5 Å². The number of aromatic amines is 1. The van der Waals surface area contributed by atoms with Crippen molar-refractivity contribution in [2.75, 3.05) is 6.54 Å². The largest absolute Gasteiger partial charge is 0.338 e. The number of fused-ring (bicyclic) bond motifs is 1. The lowest BCUT2D eigenvalue weighted by Crippen LogP contribution is -2.35. The Hall–Kier alpha value is -3.36. The maximum atomic E-state index is 12.7. The van der Waals surface area contributed by atoms with Crippen molar-refractivity contribution in [1.29, 1.82) is 0 Å². The molecule has 0 amide bonds. The Morgan fingerprint density at radius 3 is 2.67 bits per heavy atom. The van der Waals surface area contributed by atoms with E-state index < -0.39 is 0 Å². The summed E-state index contributed by atoms with van der Waals surface area (Å²) in [6.45, 7) is 1.69. The summed E-state index contributed by atoms with van der Waals surface area (Å²) in [6, 6.07) is 10.9. The van der Waals surface area contributed by atoms with Crippen molar-refractivity contribution in [1.82, 2.24) is 30.0 Å². The molecule has 0 unspecified atom stereocenters. The second kappa shape index (κ2) is 7.81. The van der Waals surface area contributed by atoms with Crippen LogP contribution in [0.1, 0.15) is 17.1 Å². The van der Waals surface area contributed by atoms with Gasteiger partial charge in [-0.25, -0.2) is 4.98 Å². The monoisotopic (exact) mass is 420 g/mol. The molecule has 1 aromatic carbocycles. The Labute approximate surface area is 176 Å². The number of hydrogen-bond acceptors (Lipinski definition) is 7. The van der Waals surface area contributed by atoms with E-state index in [1.54, 1.807) is 24.5 Å². The molecule has 0 bridgehead atoms. The fourth-order valence-corrected chi connectivity index (χ4v) is 3.61. The van der Waals surface area contributed by atoms with Crippen LogP contribution in [-0.4, -0.2) is 36.5 Å². The lowest BCUT2D eigenvalue weighted by Gasteiger charge is -2.26. The number of rotatable bonds is 4. The quantitative estimate of drug-likeness (QED) is 0.541. The van der Waals surface area contributed by atoms with Crippen LogP contribution in [0.4, 0.5) is 0 Å². The molecule has 0 fully saturated rings. The highest BCUT2D eigenvalue weighted by Crippen LogP contribution is 2.21. The first-order chi connectivity index (χ1) is 14.7. The first kappa shape index (κ1) is 18.7. The number of halogens is 1. The van der Waals surface area contributed by atoms with Crippen molar-refractivity contribution in [2.45, 2.75) is 19.5 Å². The van der Waals surface area contributed by atoms with Gasteiger partial charge in [0.25, 0.3) is 5.56 Å². The lowest BCUT2D eigenvalue weighted by atomic mass is 10.1. The van der Waals surface area contributed by atoms with Gasteiger partial charge in [-0.1, -0.05) is 16.8 Å². The molecule has 0 saturated heterocycles. The zero-order chi connectivity index (χ0) is 20.5. The van der Waals surface area contributed by atoms with Crippen molar-refractivity contribution in [3.05, 3.63) is 81.3 Å². The fraction of sp³-hybridized carbons (Fsp3) is 0.190. The first-order valence-electron chi connectivity index (χ1n) is 9.49. The molecule has 0 saturated carbocycles. The van der Waals surface area contributed by atoms with Gasteiger partial charge in [-0.3, -0.25) is 14.7 Å². The number of hydrogen-bond donors (Lipinski definition) is 1. The van der Waals surface area contributed by atoms with Gasteiger partial charge in [-0.15, -0.1) is 0 Å². The third-order valence-corrected chi connectivity index (χ3v) is 5.28. The molecule has 30 heavy (non-hydrogen) atoms. The molecule has 9 heteroatoms. The highest BCUT2D eigenvalue weighted by molar-refractivity contribution is 6.30. The molecule has 1 aliphatic rings. The number of aromatic nitrogens is 5. The van der Waals surface area contributed by atoms with E-state index in [0.717, 1.165) is 23.4 Å². The summed E-state index contributed by atoms with van der Waals surface area (Å²) >= 11 is 5.92. The van der Waals surface area contributed by atoms with E-state index in [2.05, 4.69) is 30.0 Å². The van der Waals surface area contributed by atoms with Crippen LogP contribution in [0.15, 0.2) is 58.1 Å². The number of benzene rings is 1. The van der Waals surface area contributed by atoms with Gasteiger partial charge in [0, 0.05) is 48.1 Å². The van der Waals surface area contributed by atoms with Gasteiger partial charge in [-0.05, 0) is 36.4 Å². The molecular weight excluding hydrogens is 404 g/mol. The summed E-state index contributed by atoms with van der Waals surface area (Å²) in [5.41, 5.74) is 3.06. The zero-order valence-electron chi connectivity index (χ0n) is 15.9. The maximum absolute atomic E-state index is 12.7. The van der Waals surface area contributed by atoms with Gasteiger partial charge in [-0.2, -0.15) is 4.98 Å². The fourth-order valence-electron chi connectivity index (χ4n) is 3.49. The smallest absolute Gasteiger partial charge is 0.255 e. The number of H-pyrrole nitrogens is 1. The van der Waals surface area contributed by atoms with Crippen LogP contribution in [0.3, 0.4) is 0 Å². The van der Waals surface area contributed by atoms with Crippen LogP contribution in [0.2, 0.25) is 5.02 Å². The zero-order valence-corrected chi connectivity index (χ0v) is 16.6. The number of nitrogens with zero attached hydrogens (tertiary/aromatic N) is 5. The van der Waals surface area contributed by atoms with Gasteiger partial charge in [0.05, 0.1) is 17.8 Å². The molecular formula is C21H17ClN6O2. The molecule has 0 radical (unpaired) electrons. The summed E-state index contributed by atoms with van der Waals surface area (Å²) < 4.78 is 5.40. The molecule has 0 aliphatic carbocycles. The summed E-state index contributed by atoms with van der Waals surface area (Å²) in [4.78, 5) is 30.8. The highest BCUT2D eigenvalue weighted by Gasteiger charge is 2.23. The molecule has 150 valence electrons. The van der Waals surface area contributed by atoms with E-state index in [1.807, 2.05) is 24.3 Å². The Morgan fingerprint density at radius 2 is 1.87 bits per heavy atom. The summed E-state index contributed by atoms with van der Waals surface area (Å²) in [6.07, 6.45) is 4.04. The molecule has 3 aromatic heterocycles. The standard InChI is InChI=1S/C21H17ClN6O2/c22-15-3-1-13(2-4-15)20-25-18(30-27-20)12-28-10-7-17-16(11-28)21(29)26-19(24-17)14-5-8-23-9-6-14/h1-6,8-9H,7,10-12H2,(H,24,26,29). The van der Waals surface area contributed by atoms with E-state index in [1.165, 1.54) is 0 Å². The van der Waals surface area contributed by atoms with Gasteiger partial charge in [0.15, 0.2) is 0 Å². The Balaban J connectivity index is 1.33. The van der Waals surface area contributed by atoms with E-state index >= 15 is 0 Å². The molecule has 4 heterocycles. The molecule has 5 rings (SSSR count). The van der Waals surface area contributed by atoms with Crippen LogP contribution < -0.4 is 5.56 Å². The van der Waals surface area contributed by atoms with Crippen LogP contribution in [0.5, 0.6) is 0 Å². The van der Waals surface area contributed by atoms with E-state index in [-0.39, 0.29) is 5.56 Å². The first-order valence-corrected chi connectivity index (χ1v) is 9.87. The van der Waals surface area contributed by atoms with Gasteiger partial charge in [0.2, 0.25) is 11.7 Å². The lowest BCUT2D eigenvalue weighted by molar-refractivity contribution is 0.208. The molecule has 0 atom stereocenters. The number of pyridine rings is 1. The van der Waals surface area contributed by atoms with Crippen molar-refractivity contribution in [2.24, 2.45) is 0 Å². The second-order valence-electron chi connectivity index (χ2n) is 7.05. The molecule has 1 aliphatic heterocycles. The van der Waals surface area contributed by atoms with Gasteiger partial charge < -0.3 is 9.51 Å². The van der Waals surface area contributed by atoms with E-state index in [4.69, 9.17) is 16.1 Å². The van der Waals surface area contributed by atoms with Crippen LogP contribution in [0, 0.1) is 0 Å². The van der Waals surface area contributed by atoms with E-state index in [0.29, 0.717) is 47.6 Å². The Bertz CT molecular complexity index is 1240.